The molecule has 0 atom stereocenters. The van der Waals surface area contributed by atoms with E-state index in [4.69, 9.17) is 10.2 Å². The third kappa shape index (κ3) is 3.29. The van der Waals surface area contributed by atoms with Crippen molar-refractivity contribution in [2.24, 2.45) is 5.92 Å². The highest BCUT2D eigenvalue weighted by atomic mass is 16.3. The van der Waals surface area contributed by atoms with Crippen LogP contribution in [-0.2, 0) is 0 Å². The molecule has 1 aliphatic rings. The third-order valence-electron chi connectivity index (χ3n) is 4.96. The second-order valence-corrected chi connectivity index (χ2v) is 7.00. The van der Waals surface area contributed by atoms with Gasteiger partial charge < -0.3 is 15.5 Å². The summed E-state index contributed by atoms with van der Waals surface area (Å²) in [6.45, 7) is 2.58. The molecule has 1 amide bonds. The number of rotatable bonds is 4. The summed E-state index contributed by atoms with van der Waals surface area (Å²) in [6, 6.07) is 7.01. The van der Waals surface area contributed by atoms with Crippen molar-refractivity contribution in [3.8, 4) is 11.6 Å². The van der Waals surface area contributed by atoms with Crippen molar-refractivity contribution >= 4 is 17.4 Å². The van der Waals surface area contributed by atoms with Crippen LogP contribution >= 0.6 is 0 Å². The van der Waals surface area contributed by atoms with Gasteiger partial charge in [0.2, 0.25) is 5.82 Å². The maximum absolute atomic E-state index is 12.5. The molecule has 0 bridgehead atoms. The molecule has 0 aromatic carbocycles. The SMILES string of the molecule is Cc1ccc(-c2nc3cc(C(=O)NCC4CCCCC4)cc(N)n3n2)o1. The van der Waals surface area contributed by atoms with Crippen LogP contribution in [0.25, 0.3) is 17.2 Å². The summed E-state index contributed by atoms with van der Waals surface area (Å²) >= 11 is 0. The lowest BCUT2D eigenvalue weighted by molar-refractivity contribution is 0.0943. The van der Waals surface area contributed by atoms with Crippen LogP contribution in [0, 0.1) is 12.8 Å². The molecule has 0 spiro atoms. The minimum atomic E-state index is -0.122. The number of carbonyl (C=O) groups excluding carboxylic acids is 1. The van der Waals surface area contributed by atoms with Crippen LogP contribution in [0.5, 0.6) is 0 Å². The molecule has 3 heterocycles. The van der Waals surface area contributed by atoms with Crippen molar-refractivity contribution in [3.05, 3.63) is 35.6 Å². The number of nitrogens with one attached hydrogen (secondary N) is 1. The van der Waals surface area contributed by atoms with Gasteiger partial charge in [-0.15, -0.1) is 5.10 Å². The van der Waals surface area contributed by atoms with Gasteiger partial charge in [-0.1, -0.05) is 19.3 Å². The van der Waals surface area contributed by atoms with Crippen molar-refractivity contribution in [2.75, 3.05) is 12.3 Å². The van der Waals surface area contributed by atoms with E-state index in [-0.39, 0.29) is 5.91 Å². The smallest absolute Gasteiger partial charge is 0.251 e. The number of furan rings is 1. The molecular formula is C19H23N5O2. The van der Waals surface area contributed by atoms with E-state index >= 15 is 0 Å². The fourth-order valence-corrected chi connectivity index (χ4v) is 3.53. The number of anilines is 1. The molecule has 0 aliphatic heterocycles. The van der Waals surface area contributed by atoms with Crippen molar-refractivity contribution in [2.45, 2.75) is 39.0 Å². The molecule has 1 saturated carbocycles. The Morgan fingerprint density at radius 2 is 2.12 bits per heavy atom. The van der Waals surface area contributed by atoms with Crippen LogP contribution < -0.4 is 11.1 Å². The Hall–Kier alpha value is -2.83. The summed E-state index contributed by atoms with van der Waals surface area (Å²) in [6.07, 6.45) is 6.21. The van der Waals surface area contributed by atoms with Crippen LogP contribution in [-0.4, -0.2) is 27.0 Å². The van der Waals surface area contributed by atoms with E-state index in [2.05, 4.69) is 15.4 Å². The van der Waals surface area contributed by atoms with Gasteiger partial charge in [0.15, 0.2) is 11.4 Å². The topological polar surface area (TPSA) is 98.5 Å². The molecule has 4 rings (SSSR count). The minimum absolute atomic E-state index is 0.122. The summed E-state index contributed by atoms with van der Waals surface area (Å²) < 4.78 is 7.08. The summed E-state index contributed by atoms with van der Waals surface area (Å²) in [4.78, 5) is 17.0. The maximum atomic E-state index is 12.5. The number of amides is 1. The first kappa shape index (κ1) is 16.6. The molecule has 7 nitrogen and oxygen atoms in total. The van der Waals surface area contributed by atoms with Crippen LogP contribution in [0.4, 0.5) is 5.82 Å². The number of pyridine rings is 1. The Bertz CT molecular complexity index is 937. The average molecular weight is 353 g/mol. The molecule has 7 heteroatoms. The molecule has 136 valence electrons. The number of carbonyl (C=O) groups is 1. The Labute approximate surface area is 151 Å². The standard InChI is InChI=1S/C19H23N5O2/c1-12-7-8-15(26-12)18-22-17-10-14(9-16(20)24(17)23-18)19(25)21-11-13-5-3-2-4-6-13/h7-10,13H,2-6,11,20H2,1H3,(H,21,25). The quantitative estimate of drug-likeness (QED) is 0.750. The predicted molar refractivity (Wildman–Crippen MR) is 98.7 cm³/mol. The first-order valence-corrected chi connectivity index (χ1v) is 9.11. The molecule has 3 aromatic rings. The zero-order valence-corrected chi connectivity index (χ0v) is 14.9. The molecule has 3 aromatic heterocycles. The Morgan fingerprint density at radius 1 is 1.31 bits per heavy atom. The number of nitrogen functional groups attached to an aromatic ring is 1. The summed E-state index contributed by atoms with van der Waals surface area (Å²) in [5.74, 6) is 2.64. The van der Waals surface area contributed by atoms with Gasteiger partial charge in [0.05, 0.1) is 0 Å². The van der Waals surface area contributed by atoms with Crippen LogP contribution in [0.15, 0.2) is 28.7 Å². The maximum Gasteiger partial charge on any atom is 0.251 e. The van der Waals surface area contributed by atoms with Crippen molar-refractivity contribution < 1.29 is 9.21 Å². The lowest BCUT2D eigenvalue weighted by Gasteiger charge is -2.21. The Kier molecular flexibility index (Phi) is 4.36. The predicted octanol–water partition coefficient (Wildman–Crippen LogP) is 3.19. The molecular weight excluding hydrogens is 330 g/mol. The van der Waals surface area contributed by atoms with Gasteiger partial charge in [0.1, 0.15) is 11.6 Å². The Morgan fingerprint density at radius 3 is 2.85 bits per heavy atom. The zero-order chi connectivity index (χ0) is 18.1. The van der Waals surface area contributed by atoms with Crippen molar-refractivity contribution in [3.63, 3.8) is 0 Å². The number of nitrogens with zero attached hydrogens (tertiary/aromatic N) is 3. The number of aromatic nitrogens is 3. The molecule has 0 saturated heterocycles. The molecule has 0 radical (unpaired) electrons. The third-order valence-corrected chi connectivity index (χ3v) is 4.96. The van der Waals surface area contributed by atoms with Crippen LogP contribution in [0.3, 0.4) is 0 Å². The van der Waals surface area contributed by atoms with Gasteiger partial charge >= 0.3 is 0 Å². The van der Waals surface area contributed by atoms with Gasteiger partial charge in [-0.2, -0.15) is 4.52 Å². The van der Waals surface area contributed by atoms with E-state index in [0.717, 1.165) is 5.76 Å². The van der Waals surface area contributed by atoms with E-state index in [0.29, 0.717) is 41.1 Å². The van der Waals surface area contributed by atoms with Gasteiger partial charge in [-0.3, -0.25) is 4.79 Å². The Balaban J connectivity index is 1.54. The molecule has 0 unspecified atom stereocenters. The lowest BCUT2D eigenvalue weighted by Crippen LogP contribution is -2.30. The van der Waals surface area contributed by atoms with Crippen molar-refractivity contribution in [1.29, 1.82) is 0 Å². The van der Waals surface area contributed by atoms with Crippen LogP contribution in [0.2, 0.25) is 0 Å². The molecule has 1 aliphatic carbocycles. The summed E-state index contributed by atoms with van der Waals surface area (Å²) in [5.41, 5.74) is 7.11. The lowest BCUT2D eigenvalue weighted by atomic mass is 9.89. The average Bonchev–Trinajstić information content (AvgIpc) is 3.27. The number of fused-ring (bicyclic) bond motifs is 1. The zero-order valence-electron chi connectivity index (χ0n) is 14.9. The highest BCUT2D eigenvalue weighted by Crippen LogP contribution is 2.23. The number of nitrogens with two attached hydrogens (primary N) is 1. The fraction of sp³-hybridized carbons (Fsp3) is 0.421. The first-order chi connectivity index (χ1) is 12.6. The van der Waals surface area contributed by atoms with Gasteiger partial charge in [-0.05, 0) is 49.9 Å². The van der Waals surface area contributed by atoms with Gasteiger partial charge in [0, 0.05) is 12.1 Å². The highest BCUT2D eigenvalue weighted by molar-refractivity contribution is 5.95. The number of hydrogen-bond donors (Lipinski definition) is 2. The molecule has 1 fully saturated rings. The second-order valence-electron chi connectivity index (χ2n) is 7.00. The summed E-state index contributed by atoms with van der Waals surface area (Å²) in [5, 5.41) is 7.40. The van der Waals surface area contributed by atoms with Crippen LogP contribution in [0.1, 0.15) is 48.2 Å². The first-order valence-electron chi connectivity index (χ1n) is 9.11. The van der Waals surface area contributed by atoms with Gasteiger partial charge in [-0.25, -0.2) is 4.98 Å². The summed E-state index contributed by atoms with van der Waals surface area (Å²) in [7, 11) is 0. The van der Waals surface area contributed by atoms with Gasteiger partial charge in [0.25, 0.3) is 5.91 Å². The van der Waals surface area contributed by atoms with E-state index in [1.165, 1.54) is 36.6 Å². The normalized spacial score (nSPS) is 15.4. The largest absolute Gasteiger partial charge is 0.458 e. The molecule has 3 N–H and O–H groups in total. The van der Waals surface area contributed by atoms with Crippen molar-refractivity contribution in [1.82, 2.24) is 19.9 Å². The van der Waals surface area contributed by atoms with E-state index in [1.54, 1.807) is 12.1 Å². The number of aryl methyl sites for hydroxylation is 1. The highest BCUT2D eigenvalue weighted by Gasteiger charge is 2.17. The molecule has 26 heavy (non-hydrogen) atoms. The van der Waals surface area contributed by atoms with E-state index in [9.17, 15) is 4.79 Å². The van der Waals surface area contributed by atoms with E-state index in [1.807, 2.05) is 19.1 Å². The fourth-order valence-electron chi connectivity index (χ4n) is 3.53. The van der Waals surface area contributed by atoms with E-state index < -0.39 is 0 Å². The number of hydrogen-bond acceptors (Lipinski definition) is 5. The minimum Gasteiger partial charge on any atom is -0.458 e. The second kappa shape index (κ2) is 6.82. The monoisotopic (exact) mass is 353 g/mol.